The lowest BCUT2D eigenvalue weighted by Crippen LogP contribution is -2.40. The molecule has 0 unspecified atom stereocenters. The van der Waals surface area contributed by atoms with Crippen LogP contribution in [0.3, 0.4) is 0 Å². The summed E-state index contributed by atoms with van der Waals surface area (Å²) in [5.41, 5.74) is 3.05. The molecule has 0 saturated heterocycles. The predicted octanol–water partition coefficient (Wildman–Crippen LogP) is 1.76. The number of hydrogen-bond donors (Lipinski definition) is 3. The highest BCUT2D eigenvalue weighted by atomic mass is 16.5. The number of aromatic nitrogens is 5. The number of benzene rings is 1. The molecule has 1 aliphatic rings. The van der Waals surface area contributed by atoms with Gasteiger partial charge in [-0.1, -0.05) is 0 Å². The molecule has 11 heteroatoms. The Bertz CT molecular complexity index is 1390. The zero-order chi connectivity index (χ0) is 23.1. The highest BCUT2D eigenvalue weighted by Crippen LogP contribution is 2.29. The minimum Gasteiger partial charge on any atom is -0.439 e. The Hall–Kier alpha value is -4.25. The van der Waals surface area contributed by atoms with Crippen molar-refractivity contribution >= 4 is 28.7 Å². The molecule has 168 valence electrons. The molecule has 0 bridgehead atoms. The van der Waals surface area contributed by atoms with Gasteiger partial charge in [-0.3, -0.25) is 14.7 Å². The molecule has 4 aromatic rings. The van der Waals surface area contributed by atoms with E-state index in [9.17, 15) is 9.59 Å². The first-order chi connectivity index (χ1) is 15.9. The molecule has 33 heavy (non-hydrogen) atoms. The van der Waals surface area contributed by atoms with Crippen molar-refractivity contribution in [3.05, 3.63) is 59.8 Å². The molecule has 3 aromatic heterocycles. The summed E-state index contributed by atoms with van der Waals surface area (Å²) in [4.78, 5) is 35.1. The number of amides is 2. The predicted molar refractivity (Wildman–Crippen MR) is 119 cm³/mol. The minimum absolute atomic E-state index is 0.168. The summed E-state index contributed by atoms with van der Waals surface area (Å²) in [5.74, 6) is 1.40. The van der Waals surface area contributed by atoms with E-state index in [1.54, 1.807) is 44.2 Å². The number of carbonyl (C=O) groups is 2. The maximum absolute atomic E-state index is 12.9. The standard InChI is InChI=1S/C22H22N8O3/c1-28(2)21(31)18-9-19(27-29(18)3)26-22(32)30-7-6-13-8-14(4-5-17(13)30)33-20-15-10-23-11-16(15)24-12-25-20/h4-9,12,23H,10-11H2,1-3H3,(H,26,27,32)/p+1. The molecular weight excluding hydrogens is 424 g/mol. The molecule has 1 aliphatic heterocycles. The van der Waals surface area contributed by atoms with Gasteiger partial charge in [0.05, 0.1) is 22.8 Å². The van der Waals surface area contributed by atoms with Crippen LogP contribution in [0.1, 0.15) is 21.7 Å². The Morgan fingerprint density at radius 1 is 1.18 bits per heavy atom. The second-order valence-electron chi connectivity index (χ2n) is 7.96. The smallest absolute Gasteiger partial charge is 0.331 e. The van der Waals surface area contributed by atoms with E-state index < -0.39 is 0 Å². The van der Waals surface area contributed by atoms with Gasteiger partial charge in [0.25, 0.3) is 5.69 Å². The molecule has 0 spiro atoms. The number of nitrogens with zero attached hydrogens (tertiary/aromatic N) is 5. The minimum atomic E-state index is -0.357. The van der Waals surface area contributed by atoms with Gasteiger partial charge in [0.2, 0.25) is 5.88 Å². The van der Waals surface area contributed by atoms with Gasteiger partial charge in [0.1, 0.15) is 12.1 Å². The van der Waals surface area contributed by atoms with E-state index in [0.717, 1.165) is 22.2 Å². The second-order valence-corrected chi connectivity index (χ2v) is 7.96. The molecular formula is C22H23N8O3+. The highest BCUT2D eigenvalue weighted by molar-refractivity contribution is 5.99. The Labute approximate surface area is 189 Å². The van der Waals surface area contributed by atoms with E-state index in [4.69, 9.17) is 4.74 Å². The van der Waals surface area contributed by atoms with E-state index in [1.807, 2.05) is 18.2 Å². The zero-order valence-electron chi connectivity index (χ0n) is 18.4. The van der Waals surface area contributed by atoms with Gasteiger partial charge in [0, 0.05) is 38.8 Å². The third kappa shape index (κ3) is 3.78. The van der Waals surface area contributed by atoms with Crippen molar-refractivity contribution in [2.75, 3.05) is 19.4 Å². The average molecular weight is 447 g/mol. The van der Waals surface area contributed by atoms with Crippen LogP contribution in [0.25, 0.3) is 10.9 Å². The molecule has 0 radical (unpaired) electrons. The molecule has 0 aliphatic carbocycles. The van der Waals surface area contributed by atoms with Crippen molar-refractivity contribution in [1.29, 1.82) is 0 Å². The van der Waals surface area contributed by atoms with Gasteiger partial charge in [-0.25, -0.2) is 14.8 Å². The van der Waals surface area contributed by atoms with Crippen molar-refractivity contribution in [2.45, 2.75) is 13.1 Å². The van der Waals surface area contributed by atoms with Crippen LogP contribution in [0.15, 0.2) is 42.9 Å². The highest BCUT2D eigenvalue weighted by Gasteiger charge is 2.24. The van der Waals surface area contributed by atoms with Gasteiger partial charge in [0.15, 0.2) is 12.9 Å². The number of H-pyrrole nitrogens is 1. The van der Waals surface area contributed by atoms with Crippen LogP contribution < -0.4 is 20.1 Å². The number of nitrogens with one attached hydrogen (secondary N) is 3. The first-order valence-corrected chi connectivity index (χ1v) is 10.3. The van der Waals surface area contributed by atoms with Crippen molar-refractivity contribution < 1.29 is 19.0 Å². The van der Waals surface area contributed by atoms with Crippen LogP contribution >= 0.6 is 0 Å². The zero-order valence-corrected chi connectivity index (χ0v) is 18.4. The van der Waals surface area contributed by atoms with Gasteiger partial charge >= 0.3 is 11.9 Å². The topological polar surface area (TPSA) is 121 Å². The fraction of sp³-hybridized carbons (Fsp3) is 0.227. The van der Waals surface area contributed by atoms with Crippen LogP contribution in [0.5, 0.6) is 11.6 Å². The third-order valence-corrected chi connectivity index (χ3v) is 5.48. The fourth-order valence-electron chi connectivity index (χ4n) is 3.81. The van der Waals surface area contributed by atoms with E-state index in [0.29, 0.717) is 36.2 Å². The van der Waals surface area contributed by atoms with Gasteiger partial charge in [-0.15, -0.1) is 9.78 Å². The second kappa shape index (κ2) is 8.02. The first-order valence-electron chi connectivity index (χ1n) is 10.3. The fourth-order valence-corrected chi connectivity index (χ4v) is 3.81. The van der Waals surface area contributed by atoms with Gasteiger partial charge in [-0.2, -0.15) is 0 Å². The van der Waals surface area contributed by atoms with Crippen LogP contribution in [0.2, 0.25) is 0 Å². The number of anilines is 1. The Balaban J connectivity index is 1.36. The van der Waals surface area contributed by atoms with E-state index >= 15 is 0 Å². The Morgan fingerprint density at radius 3 is 2.85 bits per heavy atom. The SMILES string of the molecule is CN(C)C(=O)c1cc(NC(=O)n2ccc3cc(Oc4ncnc5c4CNC5)ccc32)[nH][n+]1C. The molecule has 3 N–H and O–H groups in total. The maximum Gasteiger partial charge on any atom is 0.331 e. The van der Waals surface area contributed by atoms with Crippen molar-refractivity contribution in [3.63, 3.8) is 0 Å². The normalized spacial score (nSPS) is 12.6. The summed E-state index contributed by atoms with van der Waals surface area (Å²) in [6.45, 7) is 1.37. The molecule has 0 atom stereocenters. The van der Waals surface area contributed by atoms with Crippen LogP contribution in [0, 0.1) is 0 Å². The molecule has 11 nitrogen and oxygen atoms in total. The summed E-state index contributed by atoms with van der Waals surface area (Å²) in [6, 6.07) is 8.56. The van der Waals surface area contributed by atoms with E-state index in [2.05, 4.69) is 25.7 Å². The number of fused-ring (bicyclic) bond motifs is 2. The number of rotatable bonds is 4. The monoisotopic (exact) mass is 447 g/mol. The number of carbonyl (C=O) groups excluding carboxylic acids is 2. The number of aromatic amines is 1. The van der Waals surface area contributed by atoms with Gasteiger partial charge in [-0.05, 0) is 24.3 Å². The summed E-state index contributed by atoms with van der Waals surface area (Å²) in [5, 5.41) is 9.84. The van der Waals surface area contributed by atoms with Crippen molar-refractivity contribution in [1.82, 2.24) is 29.9 Å². The van der Waals surface area contributed by atoms with Crippen molar-refractivity contribution in [3.8, 4) is 11.6 Å². The molecule has 0 saturated carbocycles. The molecule has 0 fully saturated rings. The third-order valence-electron chi connectivity index (χ3n) is 5.48. The lowest BCUT2D eigenvalue weighted by atomic mass is 10.2. The lowest BCUT2D eigenvalue weighted by Gasteiger charge is -2.09. The van der Waals surface area contributed by atoms with Gasteiger partial charge < -0.3 is 15.0 Å². The van der Waals surface area contributed by atoms with Crippen LogP contribution in [-0.2, 0) is 20.1 Å². The number of ether oxygens (including phenoxy) is 1. The largest absolute Gasteiger partial charge is 0.439 e. The van der Waals surface area contributed by atoms with Crippen LogP contribution in [-0.4, -0.2) is 50.6 Å². The summed E-state index contributed by atoms with van der Waals surface area (Å²) in [7, 11) is 5.06. The van der Waals surface area contributed by atoms with E-state index in [1.165, 1.54) is 15.8 Å². The van der Waals surface area contributed by atoms with Crippen LogP contribution in [0.4, 0.5) is 10.6 Å². The molecule has 4 heterocycles. The lowest BCUT2D eigenvalue weighted by molar-refractivity contribution is -0.727. The Morgan fingerprint density at radius 2 is 2.03 bits per heavy atom. The first kappa shape index (κ1) is 20.6. The van der Waals surface area contributed by atoms with E-state index in [-0.39, 0.29) is 11.9 Å². The van der Waals surface area contributed by atoms with Crippen molar-refractivity contribution in [2.24, 2.45) is 7.05 Å². The maximum atomic E-state index is 12.9. The quantitative estimate of drug-likeness (QED) is 0.410. The molecule has 2 amide bonds. The molecule has 5 rings (SSSR count). The summed E-state index contributed by atoms with van der Waals surface area (Å²) >= 11 is 0. The average Bonchev–Trinajstić information content (AvgIpc) is 3.51. The Kier molecular flexibility index (Phi) is 5.02. The number of hydrogen-bond acceptors (Lipinski definition) is 6. The number of aryl methyl sites for hydroxylation is 1. The summed E-state index contributed by atoms with van der Waals surface area (Å²) in [6.07, 6.45) is 3.18. The molecule has 1 aromatic carbocycles. The summed E-state index contributed by atoms with van der Waals surface area (Å²) < 4.78 is 9.07.